The van der Waals surface area contributed by atoms with E-state index in [0.717, 1.165) is 18.7 Å². The molecule has 0 atom stereocenters. The van der Waals surface area contributed by atoms with Gasteiger partial charge in [0.05, 0.1) is 16.4 Å². The van der Waals surface area contributed by atoms with Gasteiger partial charge in [0.1, 0.15) is 5.69 Å². The van der Waals surface area contributed by atoms with Crippen LogP contribution in [-0.2, 0) is 22.8 Å². The molecule has 1 aromatic carbocycles. The highest BCUT2D eigenvalue weighted by Crippen LogP contribution is 2.27. The van der Waals surface area contributed by atoms with Gasteiger partial charge in [0.15, 0.2) is 15.8 Å². The molecule has 0 saturated carbocycles. The Morgan fingerprint density at radius 2 is 1.90 bits per heavy atom. The second-order valence-corrected chi connectivity index (χ2v) is 9.48. The molecule has 0 spiro atoms. The fourth-order valence-electron chi connectivity index (χ4n) is 2.52. The van der Waals surface area contributed by atoms with Crippen molar-refractivity contribution in [3.05, 3.63) is 50.2 Å². The number of nitrogens with one attached hydrogen (secondary N) is 3. The molecule has 0 aliphatic carbocycles. The fourth-order valence-corrected chi connectivity index (χ4v) is 4.06. The zero-order valence-electron chi connectivity index (χ0n) is 16.6. The Morgan fingerprint density at radius 3 is 2.48 bits per heavy atom. The summed E-state index contributed by atoms with van der Waals surface area (Å²) in [5.74, 6) is 0.625. The van der Waals surface area contributed by atoms with Crippen LogP contribution in [0.3, 0.4) is 0 Å². The highest BCUT2D eigenvalue weighted by atomic mass is 32.2. The molecular formula is C18H25N5O4S2. The molecule has 0 aliphatic heterocycles. The minimum absolute atomic E-state index is 0.0858. The Kier molecular flexibility index (Phi) is 7.97. The van der Waals surface area contributed by atoms with E-state index in [0.29, 0.717) is 25.6 Å². The van der Waals surface area contributed by atoms with Gasteiger partial charge in [-0.2, -0.15) is 0 Å². The van der Waals surface area contributed by atoms with Crippen molar-refractivity contribution < 1.29 is 13.3 Å². The monoisotopic (exact) mass is 439 g/mol. The summed E-state index contributed by atoms with van der Waals surface area (Å²) in [6.07, 6.45) is 2.03. The van der Waals surface area contributed by atoms with Gasteiger partial charge in [0.25, 0.3) is 5.69 Å². The first-order valence-electron chi connectivity index (χ1n) is 8.99. The van der Waals surface area contributed by atoms with Crippen LogP contribution in [0.25, 0.3) is 0 Å². The minimum Gasteiger partial charge on any atom is -0.378 e. The van der Waals surface area contributed by atoms with Crippen molar-refractivity contribution in [3.8, 4) is 0 Å². The molecular weight excluding hydrogens is 414 g/mol. The van der Waals surface area contributed by atoms with Gasteiger partial charge in [-0.05, 0) is 30.7 Å². The number of anilines is 1. The number of nitrogens with zero attached hydrogens (tertiary/aromatic N) is 2. The van der Waals surface area contributed by atoms with E-state index in [2.05, 4.69) is 40.0 Å². The van der Waals surface area contributed by atoms with Gasteiger partial charge >= 0.3 is 0 Å². The first-order valence-corrected chi connectivity index (χ1v) is 11.7. The van der Waals surface area contributed by atoms with Crippen LogP contribution in [0.5, 0.6) is 0 Å². The van der Waals surface area contributed by atoms with Gasteiger partial charge in [-0.25, -0.2) is 8.42 Å². The molecule has 11 heteroatoms. The van der Waals surface area contributed by atoms with E-state index in [9.17, 15) is 18.5 Å². The van der Waals surface area contributed by atoms with Crippen molar-refractivity contribution in [2.24, 2.45) is 4.99 Å². The van der Waals surface area contributed by atoms with E-state index in [4.69, 9.17) is 0 Å². The fraction of sp³-hybridized carbons (Fsp3) is 0.389. The van der Waals surface area contributed by atoms with E-state index >= 15 is 0 Å². The molecule has 1 heterocycles. The van der Waals surface area contributed by atoms with Crippen LogP contribution in [0, 0.1) is 10.1 Å². The predicted octanol–water partition coefficient (Wildman–Crippen LogP) is 2.40. The topological polar surface area (TPSA) is 126 Å². The number of aliphatic imine (C=N–C) groups is 1. The number of sulfone groups is 1. The molecule has 0 radical (unpaired) electrons. The van der Waals surface area contributed by atoms with Crippen LogP contribution < -0.4 is 16.0 Å². The molecule has 0 aliphatic rings. The molecule has 1 aromatic heterocycles. The largest absolute Gasteiger partial charge is 0.378 e. The number of nitro groups is 1. The van der Waals surface area contributed by atoms with E-state index in [1.807, 2.05) is 0 Å². The second kappa shape index (κ2) is 10.2. The van der Waals surface area contributed by atoms with Crippen LogP contribution in [0.15, 0.2) is 40.2 Å². The lowest BCUT2D eigenvalue weighted by Gasteiger charge is -2.12. The number of thiophene rings is 1. The third-order valence-electron chi connectivity index (χ3n) is 4.05. The van der Waals surface area contributed by atoms with Crippen molar-refractivity contribution in [2.75, 3.05) is 31.7 Å². The Labute approximate surface area is 174 Å². The molecule has 0 unspecified atom stereocenters. The summed E-state index contributed by atoms with van der Waals surface area (Å²) in [5.41, 5.74) is -0.0160. The zero-order valence-corrected chi connectivity index (χ0v) is 18.2. The number of aryl methyl sites for hydroxylation is 1. The van der Waals surface area contributed by atoms with Gasteiger partial charge in [-0.3, -0.25) is 15.1 Å². The molecule has 3 N–H and O–H groups in total. The van der Waals surface area contributed by atoms with Crippen molar-refractivity contribution in [1.29, 1.82) is 0 Å². The molecule has 9 nitrogen and oxygen atoms in total. The summed E-state index contributed by atoms with van der Waals surface area (Å²) in [5, 5.41) is 20.6. The third-order valence-corrected chi connectivity index (χ3v) is 6.39. The molecule has 0 amide bonds. The van der Waals surface area contributed by atoms with Crippen molar-refractivity contribution >= 4 is 38.5 Å². The molecule has 158 valence electrons. The average molecular weight is 440 g/mol. The minimum atomic E-state index is -3.51. The maximum Gasteiger partial charge on any atom is 0.293 e. The maximum absolute atomic E-state index is 11.6. The summed E-state index contributed by atoms with van der Waals surface area (Å²) in [6.45, 7) is 3.64. The van der Waals surface area contributed by atoms with E-state index in [1.165, 1.54) is 21.9 Å². The SMILES string of the molecule is CCc1ccc(CNC(=NC)NCCNc2ccc(S(C)(=O)=O)cc2[N+](=O)[O-])s1. The van der Waals surface area contributed by atoms with Crippen molar-refractivity contribution in [3.63, 3.8) is 0 Å². The molecule has 0 bridgehead atoms. The van der Waals surface area contributed by atoms with E-state index < -0.39 is 14.8 Å². The number of benzene rings is 1. The number of hydrogen-bond donors (Lipinski definition) is 3. The summed E-state index contributed by atoms with van der Waals surface area (Å²) < 4.78 is 23.2. The third kappa shape index (κ3) is 6.71. The Balaban J connectivity index is 1.87. The lowest BCUT2D eigenvalue weighted by Crippen LogP contribution is -2.39. The average Bonchev–Trinajstić information content (AvgIpc) is 3.14. The molecule has 2 aromatic rings. The Hall–Kier alpha value is -2.66. The number of rotatable bonds is 9. The first kappa shape index (κ1) is 22.6. The second-order valence-electron chi connectivity index (χ2n) is 6.21. The van der Waals surface area contributed by atoms with Gasteiger partial charge < -0.3 is 16.0 Å². The zero-order chi connectivity index (χ0) is 21.4. The van der Waals surface area contributed by atoms with Crippen LogP contribution in [0.4, 0.5) is 11.4 Å². The number of hydrogen-bond acceptors (Lipinski definition) is 7. The van der Waals surface area contributed by atoms with Gasteiger partial charge in [0.2, 0.25) is 0 Å². The van der Waals surface area contributed by atoms with E-state index in [1.54, 1.807) is 18.4 Å². The summed E-state index contributed by atoms with van der Waals surface area (Å²) in [4.78, 5) is 17.3. The summed E-state index contributed by atoms with van der Waals surface area (Å²) in [7, 11) is -1.84. The Morgan fingerprint density at radius 1 is 1.17 bits per heavy atom. The lowest BCUT2D eigenvalue weighted by atomic mass is 10.2. The normalized spacial score (nSPS) is 11.9. The molecule has 0 fully saturated rings. The molecule has 29 heavy (non-hydrogen) atoms. The first-order chi connectivity index (χ1) is 13.7. The quantitative estimate of drug-likeness (QED) is 0.180. The highest BCUT2D eigenvalue weighted by Gasteiger charge is 2.18. The van der Waals surface area contributed by atoms with Crippen molar-refractivity contribution in [1.82, 2.24) is 10.6 Å². The van der Waals surface area contributed by atoms with Crippen LogP contribution >= 0.6 is 11.3 Å². The van der Waals surface area contributed by atoms with Gasteiger partial charge in [-0.1, -0.05) is 6.92 Å². The molecule has 2 rings (SSSR count). The lowest BCUT2D eigenvalue weighted by molar-refractivity contribution is -0.384. The Bertz CT molecular complexity index is 986. The van der Waals surface area contributed by atoms with E-state index in [-0.39, 0.29) is 16.3 Å². The predicted molar refractivity (Wildman–Crippen MR) is 117 cm³/mol. The van der Waals surface area contributed by atoms with Crippen LogP contribution in [0.2, 0.25) is 0 Å². The van der Waals surface area contributed by atoms with Crippen LogP contribution in [-0.4, -0.2) is 45.7 Å². The summed E-state index contributed by atoms with van der Waals surface area (Å²) >= 11 is 1.75. The van der Waals surface area contributed by atoms with Gasteiger partial charge in [-0.15, -0.1) is 11.3 Å². The number of guanidine groups is 1. The number of nitro benzene ring substituents is 1. The highest BCUT2D eigenvalue weighted by molar-refractivity contribution is 7.90. The van der Waals surface area contributed by atoms with Crippen LogP contribution in [0.1, 0.15) is 16.7 Å². The van der Waals surface area contributed by atoms with Gasteiger partial charge in [0, 0.05) is 42.2 Å². The smallest absolute Gasteiger partial charge is 0.293 e. The van der Waals surface area contributed by atoms with Crippen molar-refractivity contribution in [2.45, 2.75) is 24.8 Å². The standard InChI is InChI=1S/C18H25N5O4S2/c1-4-13-5-6-14(28-13)12-22-18(19-2)21-10-9-20-16-8-7-15(29(3,26)27)11-17(16)23(24)25/h5-8,11,20H,4,9-10,12H2,1-3H3,(H2,19,21,22). The molecule has 0 saturated heterocycles. The summed E-state index contributed by atoms with van der Waals surface area (Å²) in [6, 6.07) is 8.03. The maximum atomic E-state index is 11.6.